The summed E-state index contributed by atoms with van der Waals surface area (Å²) in [7, 11) is 0. The van der Waals surface area contributed by atoms with Crippen LogP contribution in [-0.4, -0.2) is 80.7 Å². The molecule has 0 radical (unpaired) electrons. The molecule has 3 saturated heterocycles. The molecule has 3 fully saturated rings. The Balaban J connectivity index is 1.39. The smallest absolute Gasteiger partial charge is 0.319 e. The third kappa shape index (κ3) is 5.23. The minimum atomic E-state index is -0.930. The van der Waals surface area contributed by atoms with Crippen LogP contribution in [0.15, 0.2) is 30.5 Å². The number of ether oxygens (including phenoxy) is 1. The first-order valence-corrected chi connectivity index (χ1v) is 15.7. The van der Waals surface area contributed by atoms with E-state index in [2.05, 4.69) is 28.7 Å². The summed E-state index contributed by atoms with van der Waals surface area (Å²) in [6.07, 6.45) is 3.01. The number of pyridine rings is 1. The Morgan fingerprint density at radius 1 is 1.11 bits per heavy atom. The minimum Gasteiger partial charge on any atom is -0.508 e. The largest absolute Gasteiger partial charge is 0.508 e. The van der Waals surface area contributed by atoms with E-state index >= 15 is 4.39 Å². The normalized spacial score (nSPS) is 24.9. The van der Waals surface area contributed by atoms with Crippen molar-refractivity contribution in [1.29, 1.82) is 0 Å². The summed E-state index contributed by atoms with van der Waals surface area (Å²) in [4.78, 5) is 17.8. The number of halogens is 3. The van der Waals surface area contributed by atoms with E-state index in [4.69, 9.17) is 9.72 Å². The fraction of sp³-hybridized carbons (Fsp3) is 0.500. The van der Waals surface area contributed by atoms with Crippen LogP contribution >= 0.6 is 0 Å². The number of aromatic hydroxyl groups is 1. The molecule has 45 heavy (non-hydrogen) atoms. The van der Waals surface area contributed by atoms with E-state index in [1.165, 1.54) is 24.4 Å². The van der Waals surface area contributed by atoms with Gasteiger partial charge in [0.15, 0.2) is 5.82 Å². The minimum absolute atomic E-state index is 0.0422. The molecule has 0 spiro atoms. The molecule has 7 rings (SSSR count). The molecule has 0 amide bonds. The standard InChI is InChI=1S/C34H38F3N5O3/c1-4-23-26(36)7-6-19-10-21(43)11-24(27(19)23)29-28(37)30-25(14-38-29)31(41-16-22(44)13-33(2,3)17-41)40-32(39-30)45-18-34-8-5-9-42(34)15-20(35)12-34/h6-7,10-11,14,20,22,43-44H,4-5,8-9,12-13,15-18H2,1-3H3/t20-,22?,34+/m1/s1. The number of aliphatic hydroxyl groups excluding tert-OH is 1. The van der Waals surface area contributed by atoms with Crippen LogP contribution in [0.4, 0.5) is 19.0 Å². The van der Waals surface area contributed by atoms with Gasteiger partial charge in [0.1, 0.15) is 41.4 Å². The van der Waals surface area contributed by atoms with Crippen molar-refractivity contribution < 1.29 is 28.1 Å². The van der Waals surface area contributed by atoms with Crippen LogP contribution in [0, 0.1) is 17.0 Å². The van der Waals surface area contributed by atoms with Crippen molar-refractivity contribution in [2.45, 2.75) is 70.7 Å². The number of piperidine rings is 1. The van der Waals surface area contributed by atoms with E-state index in [-0.39, 0.29) is 47.1 Å². The summed E-state index contributed by atoms with van der Waals surface area (Å²) in [5.41, 5.74) is -0.187. The summed E-state index contributed by atoms with van der Waals surface area (Å²) < 4.78 is 52.4. The highest BCUT2D eigenvalue weighted by Crippen LogP contribution is 2.42. The number of fused-ring (bicyclic) bond motifs is 3. The highest BCUT2D eigenvalue weighted by atomic mass is 19.1. The number of aryl methyl sites for hydroxylation is 1. The molecular weight excluding hydrogens is 583 g/mol. The molecule has 3 atom stereocenters. The van der Waals surface area contributed by atoms with Gasteiger partial charge in [-0.2, -0.15) is 9.97 Å². The third-order valence-electron chi connectivity index (χ3n) is 9.77. The lowest BCUT2D eigenvalue weighted by Gasteiger charge is -2.41. The molecule has 4 aromatic rings. The number of aliphatic hydroxyl groups is 1. The van der Waals surface area contributed by atoms with Gasteiger partial charge in [-0.05, 0) is 72.2 Å². The summed E-state index contributed by atoms with van der Waals surface area (Å²) in [5.74, 6) is -0.905. The van der Waals surface area contributed by atoms with Crippen LogP contribution < -0.4 is 9.64 Å². The van der Waals surface area contributed by atoms with Crippen molar-refractivity contribution in [2.75, 3.05) is 37.7 Å². The Morgan fingerprint density at radius 3 is 2.71 bits per heavy atom. The number of phenols is 1. The first-order chi connectivity index (χ1) is 21.5. The number of alkyl halides is 1. The van der Waals surface area contributed by atoms with Gasteiger partial charge < -0.3 is 19.8 Å². The Hall–Kier alpha value is -3.70. The first kappa shape index (κ1) is 30.0. The second-order valence-electron chi connectivity index (χ2n) is 13.8. The number of benzene rings is 2. The number of nitrogens with zero attached hydrogens (tertiary/aromatic N) is 5. The monoisotopic (exact) mass is 621 g/mol. The second kappa shape index (κ2) is 11.0. The van der Waals surface area contributed by atoms with Crippen LogP contribution in [0.2, 0.25) is 0 Å². The zero-order valence-electron chi connectivity index (χ0n) is 25.8. The summed E-state index contributed by atoms with van der Waals surface area (Å²) in [5, 5.41) is 22.7. The van der Waals surface area contributed by atoms with Crippen LogP contribution in [0.25, 0.3) is 32.9 Å². The number of phenolic OH excluding ortho intramolecular Hbond substituents is 1. The average molecular weight is 622 g/mol. The zero-order chi connectivity index (χ0) is 31.7. The van der Waals surface area contributed by atoms with Crippen molar-refractivity contribution in [3.63, 3.8) is 0 Å². The van der Waals surface area contributed by atoms with Crippen molar-refractivity contribution in [2.24, 2.45) is 5.41 Å². The Bertz CT molecular complexity index is 1800. The second-order valence-corrected chi connectivity index (χ2v) is 13.8. The van der Waals surface area contributed by atoms with Gasteiger partial charge in [-0.15, -0.1) is 0 Å². The van der Waals surface area contributed by atoms with Gasteiger partial charge >= 0.3 is 6.01 Å². The molecule has 2 aromatic carbocycles. The van der Waals surface area contributed by atoms with Crippen molar-refractivity contribution in [1.82, 2.24) is 19.9 Å². The predicted molar refractivity (Wildman–Crippen MR) is 166 cm³/mol. The lowest BCUT2D eigenvalue weighted by Crippen LogP contribution is -2.47. The maximum absolute atomic E-state index is 16.8. The van der Waals surface area contributed by atoms with E-state index in [9.17, 15) is 19.0 Å². The lowest BCUT2D eigenvalue weighted by molar-refractivity contribution is 0.0944. The fourth-order valence-corrected chi connectivity index (χ4v) is 7.96. The summed E-state index contributed by atoms with van der Waals surface area (Å²) in [6, 6.07) is 5.76. The van der Waals surface area contributed by atoms with Gasteiger partial charge in [-0.1, -0.05) is 26.8 Å². The van der Waals surface area contributed by atoms with E-state index in [1.807, 2.05) is 11.8 Å². The van der Waals surface area contributed by atoms with Gasteiger partial charge in [-0.25, -0.2) is 13.2 Å². The first-order valence-electron chi connectivity index (χ1n) is 15.7. The lowest BCUT2D eigenvalue weighted by atomic mass is 9.82. The molecule has 11 heteroatoms. The Labute approximate surface area is 259 Å². The molecule has 0 aliphatic carbocycles. The van der Waals surface area contributed by atoms with Crippen molar-refractivity contribution in [3.8, 4) is 23.0 Å². The van der Waals surface area contributed by atoms with Crippen LogP contribution in [-0.2, 0) is 6.42 Å². The van der Waals surface area contributed by atoms with E-state index in [0.717, 1.165) is 19.4 Å². The number of β-amino-alcohol motifs (C(OH)–C–C–N with tert-alkyl or cyclic N) is 1. The highest BCUT2D eigenvalue weighted by molar-refractivity contribution is 6.01. The van der Waals surface area contributed by atoms with Gasteiger partial charge in [0.2, 0.25) is 0 Å². The predicted octanol–water partition coefficient (Wildman–Crippen LogP) is 5.94. The molecule has 1 unspecified atom stereocenters. The number of aromatic nitrogens is 3. The van der Waals surface area contributed by atoms with E-state index < -0.39 is 29.4 Å². The van der Waals surface area contributed by atoms with E-state index in [0.29, 0.717) is 59.9 Å². The quantitative estimate of drug-likeness (QED) is 0.273. The van der Waals surface area contributed by atoms with Crippen LogP contribution in [0.5, 0.6) is 11.8 Å². The summed E-state index contributed by atoms with van der Waals surface area (Å²) in [6.45, 7) is 8.11. The van der Waals surface area contributed by atoms with Gasteiger partial charge in [0.25, 0.3) is 0 Å². The number of hydrogen-bond donors (Lipinski definition) is 2. The van der Waals surface area contributed by atoms with Crippen molar-refractivity contribution in [3.05, 3.63) is 47.7 Å². The number of anilines is 1. The molecule has 2 N–H and O–H groups in total. The molecule has 8 nitrogen and oxygen atoms in total. The maximum atomic E-state index is 16.8. The zero-order valence-corrected chi connectivity index (χ0v) is 25.8. The average Bonchev–Trinajstić information content (AvgIpc) is 3.50. The molecule has 0 saturated carbocycles. The number of rotatable bonds is 6. The molecule has 238 valence electrons. The van der Waals surface area contributed by atoms with Gasteiger partial charge in [-0.3, -0.25) is 9.88 Å². The van der Waals surface area contributed by atoms with Crippen LogP contribution in [0.1, 0.15) is 52.0 Å². The fourth-order valence-electron chi connectivity index (χ4n) is 7.96. The number of hydrogen-bond acceptors (Lipinski definition) is 8. The van der Waals surface area contributed by atoms with Crippen molar-refractivity contribution >= 4 is 27.5 Å². The molecule has 5 heterocycles. The summed E-state index contributed by atoms with van der Waals surface area (Å²) >= 11 is 0. The van der Waals surface area contributed by atoms with Crippen LogP contribution in [0.3, 0.4) is 0 Å². The highest BCUT2D eigenvalue weighted by Gasteiger charge is 2.49. The third-order valence-corrected chi connectivity index (χ3v) is 9.77. The maximum Gasteiger partial charge on any atom is 0.319 e. The molecule has 3 aliphatic heterocycles. The molecule has 2 aromatic heterocycles. The topological polar surface area (TPSA) is 94.8 Å². The van der Waals surface area contributed by atoms with Gasteiger partial charge in [0, 0.05) is 37.8 Å². The Kier molecular flexibility index (Phi) is 7.31. The molecular formula is C34H38F3N5O3. The Morgan fingerprint density at radius 2 is 1.93 bits per heavy atom. The molecule has 3 aliphatic rings. The van der Waals surface area contributed by atoms with Gasteiger partial charge in [0.05, 0.1) is 17.0 Å². The molecule has 0 bridgehead atoms. The van der Waals surface area contributed by atoms with E-state index in [1.54, 1.807) is 6.07 Å². The SMILES string of the molecule is CCc1c(F)ccc2cc(O)cc(-c3ncc4c(N5CC(O)CC(C)(C)C5)nc(OC[C@@]56CCCN5C[C@H](F)C6)nc4c3F)c12.